The van der Waals surface area contributed by atoms with E-state index in [1.807, 2.05) is 0 Å². The molecule has 0 aromatic rings. The maximum absolute atomic E-state index is 6.28. The summed E-state index contributed by atoms with van der Waals surface area (Å²) in [6, 6.07) is 0. The Morgan fingerprint density at radius 3 is 0.128 bits per heavy atom. The molecule has 0 amide bonds. The van der Waals surface area contributed by atoms with E-state index in [1.54, 1.807) is 0 Å². The molecule has 0 aliphatic carbocycles. The van der Waals surface area contributed by atoms with Crippen molar-refractivity contribution in [1.82, 2.24) is 0 Å². The lowest BCUT2D eigenvalue weighted by molar-refractivity contribution is 0.722. The van der Waals surface area contributed by atoms with Crippen LogP contribution in [0.2, 0.25) is 0 Å². The molecule has 141 nitrogen and oxygen atoms in total. The van der Waals surface area contributed by atoms with Crippen molar-refractivity contribution >= 4 is 0 Å². The number of hydrogen-bond donors (Lipinski definition) is 2. The quantitative estimate of drug-likeness (QED) is 0.0335. The second-order valence-electron chi connectivity index (χ2n) is 12.5. The SMILES string of the molecule is N=N/N=N/N=N/N=N/N=N/N=N/N=N/N=N/N=N/N=N/N=N/N=N/N=N/N=N/N=N/N=N/N=N/N=N/N=N/N=N/N=N/N=N/N=N/N=N/N=N/N=N/N=N/N=N/N=N/N=N/N=N/N=N/N=N/N=N/N=N/N=N/N=N/N=N/N=N/N=N/N=N/N=N/N=N/N=N/N=N/N=N/N=N/N=N/N=N/N=N/N=N/N=N/N=N/N=N/N=N/N=N/N=N/N=N/N=N/N=N/N=N/N=N/N=N/N=N/N=N/N=N/N=N/N=N/N=N/N=N/N. The van der Waals surface area contributed by atoms with Crippen LogP contribution in [0.4, 0.5) is 0 Å². The Hall–Kier alpha value is -28.2. The Morgan fingerprint density at radius 1 is 0.0567 bits per heavy atom. The van der Waals surface area contributed by atoms with Gasteiger partial charge in [0, 0.05) is 642 Å². The second-order valence-corrected chi connectivity index (χ2v) is 12.5. The standard InChI is InChI=1S/H3N141/c1-3-5-7-9-11-13-15-17-19-21-23-25-27-29-31-33-35-37-39-41-43-45-47-49-51-53-55-57-59-61-63-65-67-69-71-73-75-77-79-81-83-85-87-89-91-93-95-97-99-101-103-105-107-109-111-113-115-117-119-121-123-125-127-129-131-133-135-137-139-141-140-138-136-134-132-130-128-126-124-122-120-118-116-114-112-110-108-106-104-102-100-98-96-94-92-90-88-86-84-82-80-78-76-74-72-70-68-66-64-62-60-58-56-54-52-50-48-46-44-42-40-38-36-34-32-30-28-26-24-22-20-18-16-14-12-10-8-6-4-2/h(H3,1,2,5,6,9,10,13,14,17,18,21,22,25,26,29,30,33,34,37,38,41,42,45,46,49,50,53,54,57,58,61,62,65,66,69,70,73,74,77,78,81,82,85,86,89,90,93,94,97,98,101,102,105,106,109,110,113,114,117,118,121,122,125,126,129,130,133,134,137,138,141). The fourth-order valence-electron chi connectivity index (χ4n) is 2.46. The van der Waals surface area contributed by atoms with Crippen molar-refractivity contribution in [2.24, 2.45) is 732 Å². The van der Waals surface area contributed by atoms with E-state index in [9.17, 15) is 0 Å². The third kappa shape index (κ3) is 112. The van der Waals surface area contributed by atoms with Gasteiger partial charge in [-0.15, -0.1) is 0 Å². The average molecular weight is 1980 g/mol. The highest BCUT2D eigenvalue weighted by atomic mass is 15.8. The molecule has 0 saturated carbocycles. The van der Waals surface area contributed by atoms with Gasteiger partial charge in [-0.1, -0.05) is 5.22 Å². The van der Waals surface area contributed by atoms with Crippen LogP contribution >= 0.6 is 0 Å². The maximum atomic E-state index is 6.28. The Balaban J connectivity index is 4.14. The van der Waals surface area contributed by atoms with Crippen molar-refractivity contribution < 1.29 is 0 Å². The molecule has 0 rings (SSSR count). The molecule has 3 N–H and O–H groups in total. The molecule has 0 bridgehead atoms. The first-order valence-corrected chi connectivity index (χ1v) is 28.1. The highest BCUT2D eigenvalue weighted by molar-refractivity contribution is 4.27. The smallest absolute Gasteiger partial charge is 0 e. The number of rotatable bonds is 69. The molecule has 0 unspecified atom stereocenters. The normalized spacial score (nSPS) is 15.7. The van der Waals surface area contributed by atoms with Crippen LogP contribution in [0.3, 0.4) is 0 Å². The number of nitrogens with two attached hydrogens (primary N) is 1. The molecular weight excluding hydrogens is 1970 g/mol. The van der Waals surface area contributed by atoms with E-state index >= 15 is 0 Å². The first-order valence-electron chi connectivity index (χ1n) is 28.1. The second kappa shape index (κ2) is 112. The molecule has 0 heterocycles. The lowest BCUT2D eigenvalue weighted by atomic mass is 12.3. The van der Waals surface area contributed by atoms with E-state index in [0.717, 1.165) is 0 Å². The van der Waals surface area contributed by atoms with E-state index < -0.39 is 0 Å². The van der Waals surface area contributed by atoms with Gasteiger partial charge in [-0.05, 0) is 78.3 Å². The van der Waals surface area contributed by atoms with Crippen LogP contribution in [-0.4, -0.2) is 0 Å². The van der Waals surface area contributed by atoms with Crippen LogP contribution in [0.5, 0.6) is 0 Å². The molecule has 141 heavy (non-hydrogen) atoms. The third-order valence-electron chi connectivity index (χ3n) is 5.54. The van der Waals surface area contributed by atoms with Crippen LogP contribution in [0.15, 0.2) is 726 Å². The minimum atomic E-state index is 2.50. The van der Waals surface area contributed by atoms with Crippen molar-refractivity contribution in [3.8, 4) is 0 Å². The third-order valence-corrected chi connectivity index (χ3v) is 5.54. The Bertz CT molecular complexity index is 5070. The largest absolute Gasteiger partial charge is 0.303 e. The summed E-state index contributed by atoms with van der Waals surface area (Å²) in [6.45, 7) is 0. The van der Waals surface area contributed by atoms with Crippen molar-refractivity contribution in [3.63, 3.8) is 0 Å². The van der Waals surface area contributed by atoms with Gasteiger partial charge in [0.05, 0.1) is 0 Å². The monoisotopic (exact) mass is 1980 g/mol. The summed E-state index contributed by atoms with van der Waals surface area (Å²) in [4.78, 5) is 0. The van der Waals surface area contributed by atoms with E-state index in [1.165, 1.54) is 0 Å². The van der Waals surface area contributed by atoms with E-state index in [-0.39, 0.29) is 0 Å². The molecule has 0 saturated heterocycles. The van der Waals surface area contributed by atoms with Crippen molar-refractivity contribution in [3.05, 3.63) is 0 Å². The van der Waals surface area contributed by atoms with Gasteiger partial charge < -0.3 is 5.84 Å². The molecule has 0 atom stereocenters. The van der Waals surface area contributed by atoms with Crippen LogP contribution in [0, 0.1) is 5.53 Å². The highest BCUT2D eigenvalue weighted by Crippen LogP contribution is 2.02. The summed E-state index contributed by atoms with van der Waals surface area (Å²) in [5.41, 5.74) is 6.28. The molecule has 0 aliphatic rings. The van der Waals surface area contributed by atoms with Crippen LogP contribution in [0.25, 0.3) is 0 Å². The van der Waals surface area contributed by atoms with Gasteiger partial charge in [0.2, 0.25) is 0 Å². The fraction of sp³-hybridized carbons (Fsp3) is 0. The van der Waals surface area contributed by atoms with Gasteiger partial charge in [-0.2, -0.15) is 5.53 Å². The van der Waals surface area contributed by atoms with Gasteiger partial charge in [-0.25, -0.2) is 0 Å². The summed E-state index contributed by atoms with van der Waals surface area (Å²) in [5, 5.41) is 415. The topological polar surface area (TPSA) is 1770 Å². The lowest BCUT2D eigenvalue weighted by Crippen LogP contribution is -1.70. The fourth-order valence-corrected chi connectivity index (χ4v) is 2.46. The average Bonchev–Trinajstić information content (AvgIpc) is 1.11. The molecule has 0 aromatic heterocycles. The summed E-state index contributed by atoms with van der Waals surface area (Å²) < 4.78 is 0. The molecule has 141 heteroatoms. The van der Waals surface area contributed by atoms with Gasteiger partial charge in [0.25, 0.3) is 0 Å². The minimum Gasteiger partial charge on any atom is -0.303 e. The van der Waals surface area contributed by atoms with Gasteiger partial charge in [0.15, 0.2) is 0 Å². The molecule has 0 spiro atoms. The Labute approximate surface area is 737 Å². The van der Waals surface area contributed by atoms with E-state index in [2.05, 4.69) is 732 Å². The molecule has 0 aliphatic heterocycles. The Morgan fingerprint density at radius 2 is 0.0922 bits per heavy atom. The first-order chi connectivity index (χ1) is 70.4. The predicted molar refractivity (Wildman–Crippen MR) is 344 cm³/mol. The predicted octanol–water partition coefficient (Wildman–Crippen LogP) is 25.2. The molecule has 0 radical (unpaired) electrons. The maximum Gasteiger partial charge on any atom is 0 e. The number of nitrogens with zero attached hydrogens (tertiary/aromatic N) is 139. The number of nitrogens with one attached hydrogen (secondary N) is 1. The number of hydrogen-bond acceptors (Lipinski definition) is 2. The zero-order valence-corrected chi connectivity index (χ0v) is 63.2. The first kappa shape index (κ1) is 113. The van der Waals surface area contributed by atoms with Crippen molar-refractivity contribution in [2.45, 2.75) is 0 Å². The Kier molecular flexibility index (Phi) is 89.4. The summed E-state index contributed by atoms with van der Waals surface area (Å²) in [6.07, 6.45) is 0. The zero-order chi connectivity index (χ0) is 100. The summed E-state index contributed by atoms with van der Waals surface area (Å²) in [5.74, 6) is 4.64. The van der Waals surface area contributed by atoms with Gasteiger partial charge in [-0.3, -0.25) is 0 Å². The molecule has 0 fully saturated rings. The van der Waals surface area contributed by atoms with Crippen molar-refractivity contribution in [1.29, 1.82) is 5.53 Å². The summed E-state index contributed by atoms with van der Waals surface area (Å²) >= 11 is 0. The van der Waals surface area contributed by atoms with Crippen LogP contribution in [-0.2, 0) is 0 Å². The molecule has 0 aromatic carbocycles. The molecular formula is H3N141. The van der Waals surface area contributed by atoms with E-state index in [4.69, 9.17) is 5.53 Å². The van der Waals surface area contributed by atoms with E-state index in [0.29, 0.717) is 0 Å². The van der Waals surface area contributed by atoms with Crippen LogP contribution in [0.1, 0.15) is 0 Å². The summed E-state index contributed by atoms with van der Waals surface area (Å²) in [7, 11) is 0. The zero-order valence-electron chi connectivity index (χ0n) is 63.2. The molecule has 708 valence electrons. The van der Waals surface area contributed by atoms with Gasteiger partial charge in [0.1, 0.15) is 0 Å². The lowest BCUT2D eigenvalue weighted by Gasteiger charge is -1.71. The van der Waals surface area contributed by atoms with Crippen molar-refractivity contribution in [2.75, 3.05) is 0 Å². The van der Waals surface area contributed by atoms with Gasteiger partial charge >= 0.3 is 0 Å². The highest BCUT2D eigenvalue weighted by Gasteiger charge is 1.84. The minimum absolute atomic E-state index is 2.50. The van der Waals surface area contributed by atoms with Crippen LogP contribution < -0.4 is 5.84 Å².